The van der Waals surface area contributed by atoms with E-state index in [2.05, 4.69) is 20.7 Å². The van der Waals surface area contributed by atoms with Crippen molar-refractivity contribution >= 4 is 33.5 Å². The number of carbonyl (C=O) groups is 1. The monoisotopic (exact) mass is 314 g/mol. The SMILES string of the molecule is O=C(O)c1cc(Cl)c(CBr)cc1OC(F)F. The molecule has 0 aliphatic heterocycles. The number of halogens is 4. The summed E-state index contributed by atoms with van der Waals surface area (Å²) < 4.78 is 28.2. The van der Waals surface area contributed by atoms with Gasteiger partial charge in [-0.1, -0.05) is 27.5 Å². The smallest absolute Gasteiger partial charge is 0.387 e. The summed E-state index contributed by atoms with van der Waals surface area (Å²) in [7, 11) is 0. The Balaban J connectivity index is 3.25. The molecule has 0 saturated heterocycles. The molecule has 0 radical (unpaired) electrons. The molecule has 1 aromatic rings. The fraction of sp³-hybridized carbons (Fsp3) is 0.222. The molecule has 1 aromatic carbocycles. The summed E-state index contributed by atoms with van der Waals surface area (Å²) in [5.41, 5.74) is 0.0808. The van der Waals surface area contributed by atoms with Crippen molar-refractivity contribution < 1.29 is 23.4 Å². The van der Waals surface area contributed by atoms with E-state index in [4.69, 9.17) is 16.7 Å². The van der Waals surface area contributed by atoms with Crippen LogP contribution in [-0.4, -0.2) is 17.7 Å². The van der Waals surface area contributed by atoms with Gasteiger partial charge in [0, 0.05) is 10.4 Å². The van der Waals surface area contributed by atoms with Crippen LogP contribution in [-0.2, 0) is 5.33 Å². The summed E-state index contributed by atoms with van der Waals surface area (Å²) in [6.45, 7) is -3.08. The van der Waals surface area contributed by atoms with E-state index in [-0.39, 0.29) is 5.02 Å². The summed E-state index contributed by atoms with van der Waals surface area (Å²) in [6, 6.07) is 2.25. The summed E-state index contributed by atoms with van der Waals surface area (Å²) in [6.07, 6.45) is 0. The van der Waals surface area contributed by atoms with Crippen molar-refractivity contribution in [2.45, 2.75) is 11.9 Å². The van der Waals surface area contributed by atoms with Crippen LogP contribution in [0.2, 0.25) is 5.02 Å². The second-order valence-electron chi connectivity index (χ2n) is 2.76. The van der Waals surface area contributed by atoms with Gasteiger partial charge in [-0.2, -0.15) is 8.78 Å². The predicted octanol–water partition coefficient (Wildman–Crippen LogP) is 3.53. The average Bonchev–Trinajstić information content (AvgIpc) is 2.19. The first-order valence-electron chi connectivity index (χ1n) is 4.02. The molecule has 88 valence electrons. The molecule has 0 fully saturated rings. The Morgan fingerprint density at radius 1 is 1.56 bits per heavy atom. The zero-order valence-electron chi connectivity index (χ0n) is 7.71. The third-order valence-electron chi connectivity index (χ3n) is 1.74. The average molecular weight is 315 g/mol. The molecule has 7 heteroatoms. The lowest BCUT2D eigenvalue weighted by Crippen LogP contribution is -2.08. The molecular formula is C9H6BrClF2O3. The Morgan fingerprint density at radius 2 is 2.19 bits per heavy atom. The quantitative estimate of drug-likeness (QED) is 0.865. The van der Waals surface area contributed by atoms with Gasteiger partial charge in [0.2, 0.25) is 0 Å². The van der Waals surface area contributed by atoms with Crippen molar-refractivity contribution in [2.24, 2.45) is 0 Å². The van der Waals surface area contributed by atoms with E-state index < -0.39 is 23.9 Å². The third kappa shape index (κ3) is 3.05. The van der Waals surface area contributed by atoms with Gasteiger partial charge < -0.3 is 9.84 Å². The molecule has 0 heterocycles. The number of alkyl halides is 3. The number of carboxylic acid groups (broad SMARTS) is 1. The minimum Gasteiger partial charge on any atom is -0.478 e. The summed E-state index contributed by atoms with van der Waals surface area (Å²) in [5.74, 6) is -1.78. The molecular weight excluding hydrogens is 309 g/mol. The number of carboxylic acids is 1. The maximum Gasteiger partial charge on any atom is 0.387 e. The molecule has 1 rings (SSSR count). The van der Waals surface area contributed by atoms with Gasteiger partial charge >= 0.3 is 12.6 Å². The van der Waals surface area contributed by atoms with E-state index in [1.807, 2.05) is 0 Å². The molecule has 0 aromatic heterocycles. The number of hydrogen-bond acceptors (Lipinski definition) is 2. The maximum absolute atomic E-state index is 12.0. The number of hydrogen-bond donors (Lipinski definition) is 1. The number of ether oxygens (including phenoxy) is 1. The second kappa shape index (κ2) is 5.45. The van der Waals surface area contributed by atoms with Crippen molar-refractivity contribution in [3.8, 4) is 5.75 Å². The van der Waals surface area contributed by atoms with Crippen molar-refractivity contribution in [1.82, 2.24) is 0 Å². The molecule has 0 unspecified atom stereocenters. The lowest BCUT2D eigenvalue weighted by molar-refractivity contribution is -0.0503. The van der Waals surface area contributed by atoms with Crippen LogP contribution < -0.4 is 4.74 Å². The van der Waals surface area contributed by atoms with Crippen LogP contribution in [0.25, 0.3) is 0 Å². The molecule has 0 spiro atoms. The highest BCUT2D eigenvalue weighted by molar-refractivity contribution is 9.08. The Bertz CT molecular complexity index is 412. The maximum atomic E-state index is 12.0. The van der Waals surface area contributed by atoms with Crippen molar-refractivity contribution in [1.29, 1.82) is 0 Å². The highest BCUT2D eigenvalue weighted by Crippen LogP contribution is 2.29. The molecule has 0 aliphatic rings. The van der Waals surface area contributed by atoms with E-state index in [0.29, 0.717) is 10.9 Å². The molecule has 0 amide bonds. The molecule has 0 aliphatic carbocycles. The van der Waals surface area contributed by atoms with Crippen molar-refractivity contribution in [3.05, 3.63) is 28.3 Å². The predicted molar refractivity (Wildman–Crippen MR) is 57.7 cm³/mol. The number of rotatable bonds is 4. The van der Waals surface area contributed by atoms with Gasteiger partial charge in [-0.3, -0.25) is 0 Å². The normalized spacial score (nSPS) is 10.6. The standard InChI is InChI=1S/C9H6BrClF2O3/c10-3-4-1-7(16-9(12)13)5(8(14)15)2-6(4)11/h1-2,9H,3H2,(H,14,15). The summed E-state index contributed by atoms with van der Waals surface area (Å²) in [5, 5.41) is 9.26. The highest BCUT2D eigenvalue weighted by atomic mass is 79.9. The minimum absolute atomic E-state index is 0.177. The van der Waals surface area contributed by atoms with Crippen LogP contribution in [0.3, 0.4) is 0 Å². The fourth-order valence-corrected chi connectivity index (χ4v) is 1.91. The van der Waals surface area contributed by atoms with E-state index in [1.165, 1.54) is 6.07 Å². The first-order valence-corrected chi connectivity index (χ1v) is 5.52. The molecule has 0 bridgehead atoms. The topological polar surface area (TPSA) is 46.5 Å². The van der Waals surface area contributed by atoms with Crippen LogP contribution in [0.5, 0.6) is 5.75 Å². The first-order chi connectivity index (χ1) is 7.45. The Labute approximate surface area is 103 Å². The van der Waals surface area contributed by atoms with Crippen molar-refractivity contribution in [2.75, 3.05) is 0 Å². The molecule has 0 saturated carbocycles. The van der Waals surface area contributed by atoms with E-state index in [0.717, 1.165) is 6.07 Å². The van der Waals surface area contributed by atoms with Crippen LogP contribution in [0.4, 0.5) is 8.78 Å². The summed E-state index contributed by atoms with van der Waals surface area (Å²) in [4.78, 5) is 10.8. The molecule has 1 N–H and O–H groups in total. The van der Waals surface area contributed by atoms with Gasteiger partial charge in [0.1, 0.15) is 11.3 Å². The highest BCUT2D eigenvalue weighted by Gasteiger charge is 2.17. The zero-order chi connectivity index (χ0) is 12.3. The fourth-order valence-electron chi connectivity index (χ4n) is 1.06. The van der Waals surface area contributed by atoms with E-state index in [9.17, 15) is 13.6 Å². The van der Waals surface area contributed by atoms with Gasteiger partial charge in [-0.15, -0.1) is 0 Å². The van der Waals surface area contributed by atoms with Gasteiger partial charge in [0.25, 0.3) is 0 Å². The molecule has 0 atom stereocenters. The Hall–Kier alpha value is -0.880. The Kier molecular flexibility index (Phi) is 4.49. The third-order valence-corrected chi connectivity index (χ3v) is 2.69. The number of benzene rings is 1. The largest absolute Gasteiger partial charge is 0.478 e. The molecule has 3 nitrogen and oxygen atoms in total. The minimum atomic E-state index is -3.08. The van der Waals surface area contributed by atoms with Gasteiger partial charge in [0.05, 0.1) is 0 Å². The van der Waals surface area contributed by atoms with E-state index in [1.54, 1.807) is 0 Å². The lowest BCUT2D eigenvalue weighted by atomic mass is 10.1. The van der Waals surface area contributed by atoms with Crippen LogP contribution in [0.15, 0.2) is 12.1 Å². The second-order valence-corrected chi connectivity index (χ2v) is 3.72. The number of aromatic carboxylic acids is 1. The van der Waals surface area contributed by atoms with Crippen LogP contribution >= 0.6 is 27.5 Å². The zero-order valence-corrected chi connectivity index (χ0v) is 10.1. The first kappa shape index (κ1) is 13.2. The Morgan fingerprint density at radius 3 is 2.62 bits per heavy atom. The van der Waals surface area contributed by atoms with Gasteiger partial charge in [0.15, 0.2) is 0 Å². The summed E-state index contributed by atoms with van der Waals surface area (Å²) >= 11 is 8.84. The van der Waals surface area contributed by atoms with Crippen LogP contribution in [0, 0.1) is 0 Å². The van der Waals surface area contributed by atoms with Crippen LogP contribution in [0.1, 0.15) is 15.9 Å². The lowest BCUT2D eigenvalue weighted by Gasteiger charge is -2.10. The van der Waals surface area contributed by atoms with E-state index >= 15 is 0 Å². The molecule has 16 heavy (non-hydrogen) atoms. The van der Waals surface area contributed by atoms with Gasteiger partial charge in [-0.25, -0.2) is 4.79 Å². The van der Waals surface area contributed by atoms with Crippen molar-refractivity contribution in [3.63, 3.8) is 0 Å². The van der Waals surface area contributed by atoms with Gasteiger partial charge in [-0.05, 0) is 17.7 Å².